The van der Waals surface area contributed by atoms with Crippen LogP contribution < -0.4 is 24.7 Å². The summed E-state index contributed by atoms with van der Waals surface area (Å²) in [5.41, 5.74) is 5.16. The number of rotatable bonds is 10. The number of piperidine rings is 2. The van der Waals surface area contributed by atoms with Gasteiger partial charge in [-0.25, -0.2) is 0 Å². The van der Waals surface area contributed by atoms with Gasteiger partial charge in [0, 0.05) is 37.8 Å². The molecule has 8 nitrogen and oxygen atoms in total. The van der Waals surface area contributed by atoms with Gasteiger partial charge < -0.3 is 19.3 Å². The van der Waals surface area contributed by atoms with Crippen LogP contribution in [-0.2, 0) is 0 Å². The zero-order valence-electron chi connectivity index (χ0n) is 22.3. The lowest BCUT2D eigenvalue weighted by atomic mass is 10.1. The van der Waals surface area contributed by atoms with Gasteiger partial charge in [0.05, 0.1) is 6.21 Å². The lowest BCUT2D eigenvalue weighted by Crippen LogP contribution is -2.33. The maximum atomic E-state index is 6.02. The molecule has 2 aliphatic heterocycles. The summed E-state index contributed by atoms with van der Waals surface area (Å²) in [4.78, 5) is 14.4. The van der Waals surface area contributed by atoms with E-state index in [2.05, 4.69) is 20.3 Å². The van der Waals surface area contributed by atoms with Gasteiger partial charge in [0.15, 0.2) is 5.82 Å². The number of aryl methyl sites for hydroxylation is 1. The fourth-order valence-electron chi connectivity index (χ4n) is 4.91. The van der Waals surface area contributed by atoms with Crippen LogP contribution in [0, 0.1) is 6.92 Å². The third kappa shape index (κ3) is 6.94. The SMILES string of the molecule is Cc1ccccc1OCCOc1ccccc1C=NNc1cc(N2CCCCC2)nc(N2CCCCC2)n1. The van der Waals surface area contributed by atoms with Gasteiger partial charge in [0.25, 0.3) is 0 Å². The first-order valence-corrected chi connectivity index (χ1v) is 13.8. The molecule has 5 rings (SSSR count). The molecule has 0 saturated carbocycles. The van der Waals surface area contributed by atoms with Crippen LogP contribution in [0.5, 0.6) is 11.5 Å². The van der Waals surface area contributed by atoms with Crippen molar-refractivity contribution < 1.29 is 9.47 Å². The second kappa shape index (κ2) is 13.1. The second-order valence-electron chi connectivity index (χ2n) is 9.88. The maximum Gasteiger partial charge on any atom is 0.229 e. The molecule has 0 atom stereocenters. The molecular weight excluding hydrogens is 476 g/mol. The van der Waals surface area contributed by atoms with E-state index in [1.54, 1.807) is 6.21 Å². The third-order valence-corrected chi connectivity index (χ3v) is 7.01. The summed E-state index contributed by atoms with van der Waals surface area (Å²) in [6, 6.07) is 17.9. The number of ether oxygens (including phenoxy) is 2. The summed E-state index contributed by atoms with van der Waals surface area (Å²) in [5, 5.41) is 4.52. The zero-order chi connectivity index (χ0) is 26.0. The molecule has 3 aromatic rings. The summed E-state index contributed by atoms with van der Waals surface area (Å²) >= 11 is 0. The Balaban J connectivity index is 1.24. The van der Waals surface area contributed by atoms with E-state index in [9.17, 15) is 0 Å². The number of benzene rings is 2. The molecule has 3 heterocycles. The number of hydrazone groups is 1. The van der Waals surface area contributed by atoms with Crippen LogP contribution in [0.15, 0.2) is 59.7 Å². The Morgan fingerprint density at radius 3 is 2.16 bits per heavy atom. The van der Waals surface area contributed by atoms with Crippen molar-refractivity contribution in [1.29, 1.82) is 0 Å². The summed E-state index contributed by atoms with van der Waals surface area (Å²) in [7, 11) is 0. The summed E-state index contributed by atoms with van der Waals surface area (Å²) in [6.07, 6.45) is 9.12. The Bertz CT molecular complexity index is 1170. The van der Waals surface area contributed by atoms with E-state index in [1.165, 1.54) is 38.5 Å². The minimum Gasteiger partial charge on any atom is -0.490 e. The topological polar surface area (TPSA) is 75.1 Å². The zero-order valence-corrected chi connectivity index (χ0v) is 22.3. The van der Waals surface area contributed by atoms with Gasteiger partial charge in [-0.15, -0.1) is 0 Å². The highest BCUT2D eigenvalue weighted by atomic mass is 16.5. The average molecular weight is 515 g/mol. The Hall–Kier alpha value is -3.81. The van der Waals surface area contributed by atoms with Crippen LogP contribution in [-0.4, -0.2) is 55.6 Å². The molecule has 0 spiro atoms. The molecule has 2 fully saturated rings. The largest absolute Gasteiger partial charge is 0.490 e. The molecule has 1 aromatic heterocycles. The number of para-hydroxylation sites is 2. The molecule has 0 bridgehead atoms. The fraction of sp³-hybridized carbons (Fsp3) is 0.433. The minimum atomic E-state index is 0.441. The fourth-order valence-corrected chi connectivity index (χ4v) is 4.91. The molecule has 0 amide bonds. The predicted molar refractivity (Wildman–Crippen MR) is 154 cm³/mol. The molecule has 1 N–H and O–H groups in total. The van der Waals surface area contributed by atoms with Gasteiger partial charge in [-0.05, 0) is 69.2 Å². The Morgan fingerprint density at radius 2 is 1.42 bits per heavy atom. The predicted octanol–water partition coefficient (Wildman–Crippen LogP) is 5.67. The number of nitrogens with zero attached hydrogens (tertiary/aromatic N) is 5. The monoisotopic (exact) mass is 514 g/mol. The maximum absolute atomic E-state index is 6.02. The van der Waals surface area contributed by atoms with E-state index in [1.807, 2.05) is 61.5 Å². The summed E-state index contributed by atoms with van der Waals surface area (Å²) < 4.78 is 11.9. The van der Waals surface area contributed by atoms with Gasteiger partial charge in [-0.3, -0.25) is 5.43 Å². The Kier molecular flexibility index (Phi) is 8.92. The number of nitrogens with one attached hydrogen (secondary N) is 1. The molecular formula is C30H38N6O2. The Morgan fingerprint density at radius 1 is 0.789 bits per heavy atom. The molecule has 200 valence electrons. The van der Waals surface area contributed by atoms with Crippen molar-refractivity contribution >= 4 is 23.8 Å². The van der Waals surface area contributed by atoms with Crippen molar-refractivity contribution in [2.75, 3.05) is 54.6 Å². The highest BCUT2D eigenvalue weighted by Gasteiger charge is 2.19. The number of hydrogen-bond donors (Lipinski definition) is 1. The molecule has 0 unspecified atom stereocenters. The van der Waals surface area contributed by atoms with E-state index in [-0.39, 0.29) is 0 Å². The van der Waals surface area contributed by atoms with Gasteiger partial charge in [0.1, 0.15) is 30.5 Å². The van der Waals surface area contributed by atoms with Crippen LogP contribution in [0.2, 0.25) is 0 Å². The van der Waals surface area contributed by atoms with Crippen LogP contribution in [0.3, 0.4) is 0 Å². The van der Waals surface area contributed by atoms with Crippen molar-refractivity contribution in [3.8, 4) is 11.5 Å². The quantitative estimate of drug-likeness (QED) is 0.212. The number of aromatic nitrogens is 2. The van der Waals surface area contributed by atoms with Crippen molar-refractivity contribution in [3.05, 3.63) is 65.7 Å². The first-order chi connectivity index (χ1) is 18.8. The van der Waals surface area contributed by atoms with Gasteiger partial charge in [-0.2, -0.15) is 15.1 Å². The van der Waals surface area contributed by atoms with Gasteiger partial charge in [-0.1, -0.05) is 30.3 Å². The van der Waals surface area contributed by atoms with Gasteiger partial charge in [0.2, 0.25) is 5.95 Å². The van der Waals surface area contributed by atoms with Crippen molar-refractivity contribution in [1.82, 2.24) is 9.97 Å². The Labute approximate surface area is 225 Å². The van der Waals surface area contributed by atoms with Crippen LogP contribution >= 0.6 is 0 Å². The highest BCUT2D eigenvalue weighted by Crippen LogP contribution is 2.25. The summed E-state index contributed by atoms with van der Waals surface area (Å²) in [6.45, 7) is 7.03. The standard InChI is InChI=1S/C30H38N6O2/c1-24-12-4-6-14-26(24)37-20-21-38-27-15-7-5-13-25(27)23-31-34-28-22-29(35-16-8-2-9-17-35)33-30(32-28)36-18-10-3-11-19-36/h4-7,12-15,22-23H,2-3,8-11,16-21H2,1H3,(H,32,33,34). The van der Waals surface area contributed by atoms with Gasteiger partial charge >= 0.3 is 0 Å². The molecule has 0 radical (unpaired) electrons. The summed E-state index contributed by atoms with van der Waals surface area (Å²) in [5.74, 6) is 4.13. The normalized spacial score (nSPS) is 16.0. The third-order valence-electron chi connectivity index (χ3n) is 7.01. The number of hydrogen-bond acceptors (Lipinski definition) is 8. The second-order valence-corrected chi connectivity index (χ2v) is 9.88. The highest BCUT2D eigenvalue weighted by molar-refractivity contribution is 5.84. The molecule has 8 heteroatoms. The van der Waals surface area contributed by atoms with E-state index >= 15 is 0 Å². The van der Waals surface area contributed by atoms with E-state index in [0.717, 1.165) is 60.6 Å². The van der Waals surface area contributed by atoms with E-state index in [0.29, 0.717) is 19.0 Å². The van der Waals surface area contributed by atoms with Crippen LogP contribution in [0.25, 0.3) is 0 Å². The van der Waals surface area contributed by atoms with E-state index < -0.39 is 0 Å². The lowest BCUT2D eigenvalue weighted by molar-refractivity contribution is 0.216. The lowest BCUT2D eigenvalue weighted by Gasteiger charge is -2.31. The first-order valence-electron chi connectivity index (χ1n) is 13.8. The smallest absolute Gasteiger partial charge is 0.229 e. The van der Waals surface area contributed by atoms with E-state index in [4.69, 9.17) is 19.4 Å². The molecule has 2 aromatic carbocycles. The van der Waals surface area contributed by atoms with Crippen LogP contribution in [0.1, 0.15) is 49.7 Å². The first kappa shape index (κ1) is 25.8. The van der Waals surface area contributed by atoms with Crippen molar-refractivity contribution in [3.63, 3.8) is 0 Å². The minimum absolute atomic E-state index is 0.441. The number of anilines is 3. The molecule has 0 aliphatic carbocycles. The van der Waals surface area contributed by atoms with Crippen molar-refractivity contribution in [2.24, 2.45) is 5.10 Å². The molecule has 2 saturated heterocycles. The molecule has 2 aliphatic rings. The van der Waals surface area contributed by atoms with Crippen molar-refractivity contribution in [2.45, 2.75) is 45.4 Å². The van der Waals surface area contributed by atoms with Crippen LogP contribution in [0.4, 0.5) is 17.6 Å². The molecule has 38 heavy (non-hydrogen) atoms. The average Bonchev–Trinajstić information content (AvgIpc) is 2.98.